The van der Waals surface area contributed by atoms with Crippen molar-refractivity contribution in [3.63, 3.8) is 0 Å². The average molecular weight is 510 g/mol. The minimum atomic E-state index is -4.51. The number of amides is 1. The molecule has 2 saturated heterocycles. The molecule has 1 spiro atoms. The van der Waals surface area contributed by atoms with Crippen LogP contribution in [0.2, 0.25) is 0 Å². The first-order valence-electron chi connectivity index (χ1n) is 11.8. The Morgan fingerprint density at radius 2 is 1.77 bits per heavy atom. The van der Waals surface area contributed by atoms with Crippen LogP contribution in [0, 0.1) is 22.7 Å². The molecule has 1 aliphatic carbocycles. The summed E-state index contributed by atoms with van der Waals surface area (Å²) in [5.41, 5.74) is 0.245. The largest absolute Gasteiger partial charge is 0.460 e. The standard InChI is InChI=1S/C25H30F3N3O3S/c1-22(2,3)34-21(33)16-9-30(10-24(16)11-31(12-24)20(32)15-8-23(15,4)5)18-7-14(25(26,27)28)6-17-19(18)35-13-29-17/h6-7,13,15-16H,8-12H2,1-5H3/t15-,16+/m1/s1. The highest BCUT2D eigenvalue weighted by Gasteiger charge is 2.62. The molecular weight excluding hydrogens is 479 g/mol. The zero-order chi connectivity index (χ0) is 25.6. The molecule has 190 valence electrons. The average Bonchev–Trinajstić information content (AvgIpc) is 3.08. The molecule has 2 atom stereocenters. The molecule has 1 aromatic carbocycles. The summed E-state index contributed by atoms with van der Waals surface area (Å²) in [6.45, 7) is 11.0. The number of rotatable bonds is 3. The van der Waals surface area contributed by atoms with Gasteiger partial charge in [0.15, 0.2) is 0 Å². The molecule has 2 aliphatic heterocycles. The number of hydrogen-bond acceptors (Lipinski definition) is 6. The number of aromatic nitrogens is 1. The van der Waals surface area contributed by atoms with E-state index < -0.39 is 28.7 Å². The fourth-order valence-corrected chi connectivity index (χ4v) is 6.31. The minimum Gasteiger partial charge on any atom is -0.460 e. The van der Waals surface area contributed by atoms with Crippen LogP contribution in [-0.2, 0) is 20.5 Å². The molecule has 0 radical (unpaired) electrons. The lowest BCUT2D eigenvalue weighted by molar-refractivity contribution is -0.171. The molecule has 1 saturated carbocycles. The van der Waals surface area contributed by atoms with Crippen LogP contribution in [0.15, 0.2) is 17.6 Å². The topological polar surface area (TPSA) is 62.7 Å². The van der Waals surface area contributed by atoms with E-state index in [-0.39, 0.29) is 35.3 Å². The smallest absolute Gasteiger partial charge is 0.416 e. The number of likely N-dealkylation sites (tertiary alicyclic amines) is 1. The Morgan fingerprint density at radius 1 is 1.11 bits per heavy atom. The third kappa shape index (κ3) is 4.27. The Kier molecular flexibility index (Phi) is 5.26. The number of hydrogen-bond donors (Lipinski definition) is 0. The van der Waals surface area contributed by atoms with Gasteiger partial charge in [0.05, 0.1) is 32.9 Å². The maximum absolute atomic E-state index is 13.6. The summed E-state index contributed by atoms with van der Waals surface area (Å²) in [6.07, 6.45) is -3.66. The van der Waals surface area contributed by atoms with Crippen LogP contribution in [0.5, 0.6) is 0 Å². The van der Waals surface area contributed by atoms with Gasteiger partial charge in [-0.05, 0) is 44.7 Å². The van der Waals surface area contributed by atoms with Gasteiger partial charge in [-0.3, -0.25) is 9.59 Å². The minimum absolute atomic E-state index is 0.00191. The van der Waals surface area contributed by atoms with E-state index in [2.05, 4.69) is 18.8 Å². The number of anilines is 1. The highest BCUT2D eigenvalue weighted by atomic mass is 32.1. The number of benzene rings is 1. The van der Waals surface area contributed by atoms with Crippen molar-refractivity contribution in [2.75, 3.05) is 31.1 Å². The molecular formula is C25H30F3N3O3S. The lowest BCUT2D eigenvalue weighted by Crippen LogP contribution is -2.64. The summed E-state index contributed by atoms with van der Waals surface area (Å²) < 4.78 is 47.3. The van der Waals surface area contributed by atoms with Gasteiger partial charge >= 0.3 is 12.1 Å². The molecule has 35 heavy (non-hydrogen) atoms. The number of thiazole rings is 1. The normalized spacial score (nSPS) is 25.1. The van der Waals surface area contributed by atoms with Gasteiger partial charge in [0, 0.05) is 37.5 Å². The molecule has 5 rings (SSSR count). The SMILES string of the molecule is CC(C)(C)OC(=O)[C@@H]1CN(c2cc(C(F)(F)F)cc3ncsc23)CC12CN(C(=O)[C@H]1CC1(C)C)C2. The van der Waals surface area contributed by atoms with Crippen LogP contribution in [0.3, 0.4) is 0 Å². The number of carbonyl (C=O) groups is 2. The number of carbonyl (C=O) groups excluding carboxylic acids is 2. The van der Waals surface area contributed by atoms with Gasteiger partial charge in [-0.2, -0.15) is 13.2 Å². The third-order valence-corrected chi connectivity index (χ3v) is 8.42. The number of fused-ring (bicyclic) bond motifs is 1. The second kappa shape index (κ2) is 7.57. The Balaban J connectivity index is 1.46. The Morgan fingerprint density at radius 3 is 2.34 bits per heavy atom. The van der Waals surface area contributed by atoms with Crippen molar-refractivity contribution >= 4 is 39.1 Å². The maximum Gasteiger partial charge on any atom is 0.416 e. The van der Waals surface area contributed by atoms with Crippen molar-refractivity contribution in [1.29, 1.82) is 0 Å². The predicted octanol–water partition coefficient (Wildman–Crippen LogP) is 4.97. The van der Waals surface area contributed by atoms with E-state index in [1.807, 2.05) is 4.90 Å². The van der Waals surface area contributed by atoms with Gasteiger partial charge < -0.3 is 14.5 Å². The van der Waals surface area contributed by atoms with E-state index in [1.165, 1.54) is 16.8 Å². The van der Waals surface area contributed by atoms with Gasteiger partial charge in [0.25, 0.3) is 0 Å². The highest BCUT2D eigenvalue weighted by molar-refractivity contribution is 7.17. The predicted molar refractivity (Wildman–Crippen MR) is 127 cm³/mol. The van der Waals surface area contributed by atoms with E-state index in [4.69, 9.17) is 4.74 Å². The van der Waals surface area contributed by atoms with Crippen LogP contribution in [0.4, 0.5) is 18.9 Å². The summed E-state index contributed by atoms with van der Waals surface area (Å²) in [5, 5.41) is 0. The number of ether oxygens (including phenoxy) is 1. The zero-order valence-corrected chi connectivity index (χ0v) is 21.3. The van der Waals surface area contributed by atoms with Gasteiger partial charge in [0.1, 0.15) is 5.60 Å². The number of halogens is 3. The molecule has 3 aliphatic rings. The second-order valence-corrected chi connectivity index (χ2v) is 12.8. The summed E-state index contributed by atoms with van der Waals surface area (Å²) in [4.78, 5) is 34.0. The molecule has 2 aromatic rings. The fourth-order valence-electron chi connectivity index (χ4n) is 5.50. The van der Waals surface area contributed by atoms with E-state index in [1.54, 1.807) is 25.7 Å². The molecule has 1 amide bonds. The van der Waals surface area contributed by atoms with Crippen molar-refractivity contribution in [3.05, 3.63) is 23.2 Å². The van der Waals surface area contributed by atoms with Crippen molar-refractivity contribution in [3.8, 4) is 0 Å². The third-order valence-electron chi connectivity index (χ3n) is 7.55. The fraction of sp³-hybridized carbons (Fsp3) is 0.640. The van der Waals surface area contributed by atoms with Crippen molar-refractivity contribution in [1.82, 2.24) is 9.88 Å². The van der Waals surface area contributed by atoms with Crippen LogP contribution in [0.1, 0.15) is 46.6 Å². The lowest BCUT2D eigenvalue weighted by Gasteiger charge is -2.50. The Hall–Kier alpha value is -2.36. The van der Waals surface area contributed by atoms with Crippen LogP contribution in [-0.4, -0.2) is 53.5 Å². The summed E-state index contributed by atoms with van der Waals surface area (Å²) in [7, 11) is 0. The van der Waals surface area contributed by atoms with E-state index in [0.717, 1.165) is 18.6 Å². The highest BCUT2D eigenvalue weighted by Crippen LogP contribution is 2.55. The van der Waals surface area contributed by atoms with E-state index in [9.17, 15) is 22.8 Å². The maximum atomic E-state index is 13.6. The number of nitrogens with zero attached hydrogens (tertiary/aromatic N) is 3. The van der Waals surface area contributed by atoms with Gasteiger partial charge in [0.2, 0.25) is 5.91 Å². The quantitative estimate of drug-likeness (QED) is 0.547. The van der Waals surface area contributed by atoms with Crippen molar-refractivity contribution in [2.45, 2.75) is 52.8 Å². The molecule has 3 fully saturated rings. The molecule has 1 aromatic heterocycles. The first-order valence-corrected chi connectivity index (χ1v) is 12.7. The zero-order valence-electron chi connectivity index (χ0n) is 20.5. The van der Waals surface area contributed by atoms with Gasteiger partial charge in [-0.1, -0.05) is 13.8 Å². The van der Waals surface area contributed by atoms with Gasteiger partial charge in [-0.25, -0.2) is 4.98 Å². The Bertz CT molecular complexity index is 1190. The number of esters is 1. The first-order chi connectivity index (χ1) is 16.1. The first kappa shape index (κ1) is 24.3. The second-order valence-electron chi connectivity index (χ2n) is 12.0. The lowest BCUT2D eigenvalue weighted by atomic mass is 9.71. The monoisotopic (exact) mass is 509 g/mol. The van der Waals surface area contributed by atoms with Crippen LogP contribution < -0.4 is 4.90 Å². The summed E-state index contributed by atoms with van der Waals surface area (Å²) in [5.74, 6) is -0.814. The molecule has 10 heteroatoms. The number of alkyl halides is 3. The molecule has 0 unspecified atom stereocenters. The van der Waals surface area contributed by atoms with Crippen LogP contribution >= 0.6 is 11.3 Å². The van der Waals surface area contributed by atoms with E-state index >= 15 is 0 Å². The molecule has 3 heterocycles. The Labute approximate surface area is 206 Å². The summed E-state index contributed by atoms with van der Waals surface area (Å²) >= 11 is 1.28. The summed E-state index contributed by atoms with van der Waals surface area (Å²) in [6, 6.07) is 2.22. The molecule has 0 bridgehead atoms. The van der Waals surface area contributed by atoms with E-state index in [0.29, 0.717) is 30.0 Å². The molecule has 0 N–H and O–H groups in total. The van der Waals surface area contributed by atoms with Crippen LogP contribution in [0.25, 0.3) is 10.2 Å². The van der Waals surface area contributed by atoms with Crippen molar-refractivity contribution < 1.29 is 27.5 Å². The van der Waals surface area contributed by atoms with Crippen molar-refractivity contribution in [2.24, 2.45) is 22.7 Å². The van der Waals surface area contributed by atoms with Gasteiger partial charge in [-0.15, -0.1) is 11.3 Å². The molecule has 6 nitrogen and oxygen atoms in total.